The molecule has 0 radical (unpaired) electrons. The van der Waals surface area contributed by atoms with E-state index in [1.54, 1.807) is 12.1 Å². The summed E-state index contributed by atoms with van der Waals surface area (Å²) >= 11 is 0. The zero-order chi connectivity index (χ0) is 22.0. The summed E-state index contributed by atoms with van der Waals surface area (Å²) in [5, 5.41) is 0.869. The van der Waals surface area contributed by atoms with Gasteiger partial charge in [0.25, 0.3) is 0 Å². The lowest BCUT2D eigenvalue weighted by Crippen LogP contribution is -2.02. The van der Waals surface area contributed by atoms with E-state index >= 15 is 0 Å². The quantitative estimate of drug-likeness (QED) is 0.288. The minimum atomic E-state index is -0.429. The molecule has 0 N–H and O–H groups in total. The summed E-state index contributed by atoms with van der Waals surface area (Å²) in [6.45, 7) is 4.12. The summed E-state index contributed by atoms with van der Waals surface area (Å²) in [5.41, 5.74) is 6.30. The topological polar surface area (TPSA) is 31.0 Å². The van der Waals surface area contributed by atoms with E-state index in [1.165, 1.54) is 18.2 Å². The summed E-state index contributed by atoms with van der Waals surface area (Å²) < 4.78 is 36.9. The molecule has 0 aliphatic carbocycles. The Kier molecular flexibility index (Phi) is 3.96. The molecule has 0 unspecified atom stereocenters. The van der Waals surface area contributed by atoms with E-state index < -0.39 is 11.6 Å². The maximum Gasteiger partial charge on any atom is 0.149 e. The van der Waals surface area contributed by atoms with Gasteiger partial charge in [-0.2, -0.15) is 0 Å². The predicted octanol–water partition coefficient (Wildman–Crippen LogP) is 7.49. The largest absolute Gasteiger partial charge is 0.455 e. The fraction of sp³-hybridized carbons (Fsp3) is 0.0741. The van der Waals surface area contributed by atoms with Gasteiger partial charge in [0.2, 0.25) is 0 Å². The van der Waals surface area contributed by atoms with Crippen molar-refractivity contribution in [1.29, 1.82) is 0 Å². The molecule has 5 heteroatoms. The number of hydrogen-bond acceptors (Lipinski definition) is 2. The molecule has 6 rings (SSSR count). The van der Waals surface area contributed by atoms with Gasteiger partial charge in [-0.25, -0.2) is 13.8 Å². The summed E-state index contributed by atoms with van der Waals surface area (Å²) in [4.78, 5) is 4.92. The number of fused-ring (bicyclic) bond motifs is 4. The lowest BCUT2D eigenvalue weighted by atomic mass is 10.1. The minimum Gasteiger partial charge on any atom is -0.455 e. The van der Waals surface area contributed by atoms with Crippen molar-refractivity contribution < 1.29 is 13.2 Å². The summed E-state index contributed by atoms with van der Waals surface area (Å²) in [6, 6.07) is 21.3. The van der Waals surface area contributed by atoms with Crippen LogP contribution in [0.15, 0.2) is 77.2 Å². The van der Waals surface area contributed by atoms with Crippen molar-refractivity contribution in [3.8, 4) is 17.1 Å². The number of para-hydroxylation sites is 3. The molecule has 0 atom stereocenters. The Bertz CT molecular complexity index is 1660. The van der Waals surface area contributed by atoms with Gasteiger partial charge >= 0.3 is 0 Å². The van der Waals surface area contributed by atoms with Crippen LogP contribution in [0.2, 0.25) is 0 Å². The zero-order valence-corrected chi connectivity index (χ0v) is 17.5. The number of halogens is 2. The number of rotatable bonds is 2. The van der Waals surface area contributed by atoms with E-state index in [1.807, 2.05) is 30.3 Å². The normalized spacial score (nSPS) is 11.8. The molecule has 0 aliphatic heterocycles. The van der Waals surface area contributed by atoms with Crippen LogP contribution in [0.4, 0.5) is 8.78 Å². The van der Waals surface area contributed by atoms with Crippen molar-refractivity contribution in [2.75, 3.05) is 0 Å². The standard InChI is InChI=1S/C27H18F2N2O/c1-15-6-5-7-16(2)25(15)31-22-9-4-3-8-21(22)30-27(31)19-12-13-20(29)24-18-11-10-17(28)14-23(18)32-26(19)24/h3-14H,1-2H3. The molecule has 3 nitrogen and oxygen atoms in total. The van der Waals surface area contributed by atoms with Crippen molar-refractivity contribution in [3.63, 3.8) is 0 Å². The Hall–Kier alpha value is -3.99. The first kappa shape index (κ1) is 18.8. The number of hydrogen-bond donors (Lipinski definition) is 0. The molecule has 32 heavy (non-hydrogen) atoms. The maximum atomic E-state index is 14.9. The van der Waals surface area contributed by atoms with Gasteiger partial charge in [-0.05, 0) is 61.4 Å². The van der Waals surface area contributed by atoms with Crippen LogP contribution in [-0.2, 0) is 0 Å². The Morgan fingerprint density at radius 1 is 0.844 bits per heavy atom. The van der Waals surface area contributed by atoms with Gasteiger partial charge < -0.3 is 4.42 Å². The molecule has 0 aliphatic rings. The van der Waals surface area contributed by atoms with Gasteiger partial charge in [0, 0.05) is 11.5 Å². The van der Waals surface area contributed by atoms with Crippen molar-refractivity contribution in [1.82, 2.24) is 9.55 Å². The van der Waals surface area contributed by atoms with E-state index in [-0.39, 0.29) is 0 Å². The van der Waals surface area contributed by atoms with Crippen molar-refractivity contribution >= 4 is 33.0 Å². The van der Waals surface area contributed by atoms with Crippen LogP contribution < -0.4 is 0 Å². The highest BCUT2D eigenvalue weighted by molar-refractivity contribution is 6.10. The van der Waals surface area contributed by atoms with Crippen molar-refractivity contribution in [3.05, 3.63) is 95.6 Å². The minimum absolute atomic E-state index is 0.307. The number of aryl methyl sites for hydroxylation is 2. The number of nitrogens with zero attached hydrogens (tertiary/aromatic N) is 2. The molecular weight excluding hydrogens is 406 g/mol. The number of benzene rings is 4. The van der Waals surface area contributed by atoms with Gasteiger partial charge in [0.15, 0.2) is 0 Å². The van der Waals surface area contributed by atoms with Crippen molar-refractivity contribution in [2.45, 2.75) is 13.8 Å². The summed E-state index contributed by atoms with van der Waals surface area (Å²) in [7, 11) is 0. The molecule has 0 bridgehead atoms. The third-order valence-electron chi connectivity index (χ3n) is 6.00. The van der Waals surface area contributed by atoms with Gasteiger partial charge in [-0.15, -0.1) is 0 Å². The van der Waals surface area contributed by atoms with Crippen LogP contribution in [0.5, 0.6) is 0 Å². The fourth-order valence-corrected chi connectivity index (χ4v) is 4.58. The molecule has 156 valence electrons. The molecule has 6 aromatic rings. The number of furan rings is 1. The Labute approximate surface area is 182 Å². The average molecular weight is 424 g/mol. The van der Waals surface area contributed by atoms with Crippen LogP contribution in [-0.4, -0.2) is 9.55 Å². The van der Waals surface area contributed by atoms with Crippen LogP contribution in [0.25, 0.3) is 50.0 Å². The highest BCUT2D eigenvalue weighted by atomic mass is 19.1. The summed E-state index contributed by atoms with van der Waals surface area (Å²) in [5.74, 6) is -0.196. The summed E-state index contributed by atoms with van der Waals surface area (Å²) in [6.07, 6.45) is 0. The third-order valence-corrected chi connectivity index (χ3v) is 6.00. The Morgan fingerprint density at radius 2 is 1.62 bits per heavy atom. The second-order valence-electron chi connectivity index (χ2n) is 8.04. The third kappa shape index (κ3) is 2.61. The molecule has 4 aromatic carbocycles. The Morgan fingerprint density at radius 3 is 2.44 bits per heavy atom. The number of imidazole rings is 1. The van der Waals surface area contributed by atoms with E-state index in [9.17, 15) is 8.78 Å². The van der Waals surface area contributed by atoms with Crippen molar-refractivity contribution in [2.24, 2.45) is 0 Å². The Balaban J connectivity index is 1.77. The lowest BCUT2D eigenvalue weighted by molar-refractivity contribution is 0.617. The lowest BCUT2D eigenvalue weighted by Gasteiger charge is -2.15. The van der Waals surface area contributed by atoms with Gasteiger partial charge in [0.1, 0.15) is 28.6 Å². The van der Waals surface area contributed by atoms with Gasteiger partial charge in [-0.1, -0.05) is 30.3 Å². The van der Waals surface area contributed by atoms with Gasteiger partial charge in [0.05, 0.1) is 27.7 Å². The van der Waals surface area contributed by atoms with E-state index in [2.05, 4.69) is 30.5 Å². The first-order chi connectivity index (χ1) is 15.5. The first-order valence-electron chi connectivity index (χ1n) is 10.4. The van der Waals surface area contributed by atoms with Crippen LogP contribution in [0.3, 0.4) is 0 Å². The van der Waals surface area contributed by atoms with E-state index in [4.69, 9.17) is 9.40 Å². The molecule has 0 spiro atoms. The van der Waals surface area contributed by atoms with Crippen LogP contribution in [0.1, 0.15) is 11.1 Å². The fourth-order valence-electron chi connectivity index (χ4n) is 4.58. The molecule has 0 amide bonds. The highest BCUT2D eigenvalue weighted by Crippen LogP contribution is 2.39. The molecular formula is C27H18F2N2O. The molecule has 2 aromatic heterocycles. The predicted molar refractivity (Wildman–Crippen MR) is 123 cm³/mol. The highest BCUT2D eigenvalue weighted by Gasteiger charge is 2.23. The van der Waals surface area contributed by atoms with Crippen LogP contribution >= 0.6 is 0 Å². The molecule has 2 heterocycles. The average Bonchev–Trinajstić information content (AvgIpc) is 3.33. The van der Waals surface area contributed by atoms with Gasteiger partial charge in [-0.3, -0.25) is 4.57 Å². The molecule has 0 fully saturated rings. The number of aromatic nitrogens is 2. The SMILES string of the molecule is Cc1cccc(C)c1-n1c(-c2ccc(F)c3c2oc2cc(F)ccc23)nc2ccccc21. The smallest absolute Gasteiger partial charge is 0.149 e. The zero-order valence-electron chi connectivity index (χ0n) is 17.5. The van der Waals surface area contributed by atoms with E-state index in [0.717, 1.165) is 27.8 Å². The first-order valence-corrected chi connectivity index (χ1v) is 10.4. The monoisotopic (exact) mass is 424 g/mol. The molecule has 0 saturated heterocycles. The van der Waals surface area contributed by atoms with Crippen LogP contribution in [0, 0.1) is 25.5 Å². The maximum absolute atomic E-state index is 14.9. The second-order valence-corrected chi connectivity index (χ2v) is 8.04. The van der Waals surface area contributed by atoms with E-state index in [0.29, 0.717) is 33.3 Å². The molecule has 0 saturated carbocycles. The second kappa shape index (κ2) is 6.76.